The highest BCUT2D eigenvalue weighted by molar-refractivity contribution is 6.30. The Morgan fingerprint density at radius 2 is 1.86 bits per heavy atom. The van der Waals surface area contributed by atoms with Crippen molar-refractivity contribution in [3.05, 3.63) is 64.7 Å². The summed E-state index contributed by atoms with van der Waals surface area (Å²) in [6.45, 7) is 8.04. The Kier molecular flexibility index (Phi) is 7.87. The maximum atomic E-state index is 12.0. The fraction of sp³-hybridized carbons (Fsp3) is 0.409. The largest absolute Gasteiger partial charge is 0.483 e. The van der Waals surface area contributed by atoms with Gasteiger partial charge in [0.25, 0.3) is 5.91 Å². The molecular formula is C22H29ClN2O3. The summed E-state index contributed by atoms with van der Waals surface area (Å²) in [5, 5.41) is 17.3. The van der Waals surface area contributed by atoms with Gasteiger partial charge in [0.05, 0.1) is 6.10 Å². The van der Waals surface area contributed by atoms with E-state index in [1.807, 2.05) is 58.0 Å². The van der Waals surface area contributed by atoms with Crippen LogP contribution in [-0.4, -0.2) is 29.2 Å². The van der Waals surface area contributed by atoms with Gasteiger partial charge in [-0.25, -0.2) is 0 Å². The van der Waals surface area contributed by atoms with E-state index < -0.39 is 6.10 Å². The van der Waals surface area contributed by atoms with E-state index in [0.29, 0.717) is 17.3 Å². The second kappa shape index (κ2) is 9.92. The molecule has 2 aromatic rings. The van der Waals surface area contributed by atoms with Gasteiger partial charge >= 0.3 is 0 Å². The molecule has 28 heavy (non-hydrogen) atoms. The SMILES string of the molecule is CC(NCc1cc(Cl)ccc1OCC(=O)NC(C)(C)C)C(O)c1ccccc1. The van der Waals surface area contributed by atoms with Gasteiger partial charge in [0, 0.05) is 28.7 Å². The van der Waals surface area contributed by atoms with E-state index >= 15 is 0 Å². The fourth-order valence-electron chi connectivity index (χ4n) is 2.75. The quantitative estimate of drug-likeness (QED) is 0.625. The van der Waals surface area contributed by atoms with Crippen molar-refractivity contribution in [2.75, 3.05) is 6.61 Å². The highest BCUT2D eigenvalue weighted by atomic mass is 35.5. The van der Waals surface area contributed by atoms with Crippen LogP contribution in [0.3, 0.4) is 0 Å². The van der Waals surface area contributed by atoms with Crippen molar-refractivity contribution in [3.63, 3.8) is 0 Å². The Morgan fingerprint density at radius 1 is 1.18 bits per heavy atom. The molecule has 0 saturated carbocycles. The molecule has 0 bridgehead atoms. The molecule has 2 unspecified atom stereocenters. The van der Waals surface area contributed by atoms with Crippen molar-refractivity contribution < 1.29 is 14.6 Å². The van der Waals surface area contributed by atoms with E-state index in [-0.39, 0.29) is 24.1 Å². The van der Waals surface area contributed by atoms with Crippen molar-refractivity contribution >= 4 is 17.5 Å². The topological polar surface area (TPSA) is 70.6 Å². The lowest BCUT2D eigenvalue weighted by molar-refractivity contribution is -0.124. The molecule has 0 aliphatic carbocycles. The van der Waals surface area contributed by atoms with Crippen molar-refractivity contribution in [2.45, 2.75) is 51.9 Å². The zero-order valence-electron chi connectivity index (χ0n) is 16.8. The van der Waals surface area contributed by atoms with E-state index in [1.165, 1.54) is 0 Å². The van der Waals surface area contributed by atoms with Gasteiger partial charge in [-0.2, -0.15) is 0 Å². The Labute approximate surface area is 172 Å². The molecule has 0 fully saturated rings. The molecule has 0 spiro atoms. The molecule has 0 aliphatic heterocycles. The molecule has 3 N–H and O–H groups in total. The zero-order chi connectivity index (χ0) is 20.7. The summed E-state index contributed by atoms with van der Waals surface area (Å²) in [7, 11) is 0. The number of aliphatic hydroxyl groups is 1. The van der Waals surface area contributed by atoms with Gasteiger partial charge in [0.15, 0.2) is 6.61 Å². The second-order valence-corrected chi connectivity index (χ2v) is 8.30. The number of ether oxygens (including phenoxy) is 1. The van der Waals surface area contributed by atoms with E-state index in [0.717, 1.165) is 11.1 Å². The van der Waals surface area contributed by atoms with Crippen LogP contribution in [-0.2, 0) is 11.3 Å². The van der Waals surface area contributed by atoms with E-state index in [1.54, 1.807) is 18.2 Å². The highest BCUT2D eigenvalue weighted by Gasteiger charge is 2.17. The molecule has 0 saturated heterocycles. The number of carbonyl (C=O) groups is 1. The van der Waals surface area contributed by atoms with Crippen LogP contribution in [0.15, 0.2) is 48.5 Å². The molecule has 0 heterocycles. The minimum absolute atomic E-state index is 0.0753. The Bertz CT molecular complexity index is 775. The van der Waals surface area contributed by atoms with Crippen molar-refractivity contribution in [1.82, 2.24) is 10.6 Å². The van der Waals surface area contributed by atoms with Gasteiger partial charge < -0.3 is 20.5 Å². The maximum absolute atomic E-state index is 12.0. The molecule has 2 atom stereocenters. The Balaban J connectivity index is 1.99. The lowest BCUT2D eigenvalue weighted by Gasteiger charge is -2.22. The number of rotatable bonds is 8. The van der Waals surface area contributed by atoms with E-state index in [9.17, 15) is 9.90 Å². The van der Waals surface area contributed by atoms with Gasteiger partial charge in [0.2, 0.25) is 0 Å². The first kappa shape index (κ1) is 22.2. The van der Waals surface area contributed by atoms with Crippen LogP contribution in [0.1, 0.15) is 44.9 Å². The minimum atomic E-state index is -0.637. The summed E-state index contributed by atoms with van der Waals surface area (Å²) in [5.74, 6) is 0.400. The summed E-state index contributed by atoms with van der Waals surface area (Å²) in [4.78, 5) is 12.0. The molecule has 2 rings (SSSR count). The van der Waals surface area contributed by atoms with Crippen LogP contribution in [0.5, 0.6) is 5.75 Å². The van der Waals surface area contributed by atoms with E-state index in [4.69, 9.17) is 16.3 Å². The average Bonchev–Trinajstić information content (AvgIpc) is 2.64. The summed E-state index contributed by atoms with van der Waals surface area (Å²) < 4.78 is 5.70. The maximum Gasteiger partial charge on any atom is 0.258 e. The van der Waals surface area contributed by atoms with Crippen LogP contribution in [0.25, 0.3) is 0 Å². The van der Waals surface area contributed by atoms with Gasteiger partial charge in [-0.05, 0) is 51.5 Å². The first-order valence-electron chi connectivity index (χ1n) is 9.34. The zero-order valence-corrected chi connectivity index (χ0v) is 17.6. The first-order valence-corrected chi connectivity index (χ1v) is 9.72. The third-order valence-electron chi connectivity index (χ3n) is 4.12. The third-order valence-corrected chi connectivity index (χ3v) is 4.36. The number of benzene rings is 2. The van der Waals surface area contributed by atoms with E-state index in [2.05, 4.69) is 10.6 Å². The van der Waals surface area contributed by atoms with Gasteiger partial charge in [0.1, 0.15) is 5.75 Å². The first-order chi connectivity index (χ1) is 13.2. The molecule has 0 radical (unpaired) electrons. The van der Waals surface area contributed by atoms with Gasteiger partial charge in [-0.3, -0.25) is 4.79 Å². The molecular weight excluding hydrogens is 376 g/mol. The average molecular weight is 405 g/mol. The van der Waals surface area contributed by atoms with Crippen LogP contribution in [0.4, 0.5) is 0 Å². The Morgan fingerprint density at radius 3 is 2.50 bits per heavy atom. The highest BCUT2D eigenvalue weighted by Crippen LogP contribution is 2.24. The number of halogens is 1. The monoisotopic (exact) mass is 404 g/mol. The molecule has 152 valence electrons. The number of amides is 1. The van der Waals surface area contributed by atoms with Crippen molar-refractivity contribution in [3.8, 4) is 5.75 Å². The summed E-state index contributed by atoms with van der Waals surface area (Å²) in [6.07, 6.45) is -0.637. The standard InChI is InChI=1S/C22H29ClN2O3/c1-15(21(27)16-8-6-5-7-9-16)24-13-17-12-18(23)10-11-19(17)28-14-20(26)25-22(2,3)4/h5-12,15,21,24,27H,13-14H2,1-4H3,(H,25,26). The summed E-state index contributed by atoms with van der Waals surface area (Å²) >= 11 is 6.13. The summed E-state index contributed by atoms with van der Waals surface area (Å²) in [5.41, 5.74) is 1.36. The predicted octanol–water partition coefficient (Wildman–Crippen LogP) is 3.85. The van der Waals surface area contributed by atoms with Gasteiger partial charge in [-0.15, -0.1) is 0 Å². The van der Waals surface area contributed by atoms with Gasteiger partial charge in [-0.1, -0.05) is 41.9 Å². The predicted molar refractivity (Wildman–Crippen MR) is 113 cm³/mol. The van der Waals surface area contributed by atoms with Crippen LogP contribution >= 0.6 is 11.6 Å². The van der Waals surface area contributed by atoms with Crippen LogP contribution < -0.4 is 15.4 Å². The second-order valence-electron chi connectivity index (χ2n) is 7.86. The normalized spacial score (nSPS) is 13.6. The van der Waals surface area contributed by atoms with Crippen molar-refractivity contribution in [1.29, 1.82) is 0 Å². The number of hydrogen-bond donors (Lipinski definition) is 3. The third kappa shape index (κ3) is 7.15. The fourth-order valence-corrected chi connectivity index (χ4v) is 2.94. The number of carbonyl (C=O) groups excluding carboxylic acids is 1. The molecule has 5 nitrogen and oxygen atoms in total. The van der Waals surface area contributed by atoms with Crippen molar-refractivity contribution in [2.24, 2.45) is 0 Å². The number of aliphatic hydroxyl groups excluding tert-OH is 1. The lowest BCUT2D eigenvalue weighted by atomic mass is 10.0. The molecule has 1 amide bonds. The van der Waals surface area contributed by atoms with Crippen LogP contribution in [0, 0.1) is 0 Å². The number of hydrogen-bond acceptors (Lipinski definition) is 4. The molecule has 2 aromatic carbocycles. The summed E-state index contributed by atoms with van der Waals surface area (Å²) in [6, 6.07) is 14.6. The molecule has 0 aromatic heterocycles. The lowest BCUT2D eigenvalue weighted by Crippen LogP contribution is -2.43. The Hall–Kier alpha value is -2.08. The van der Waals surface area contributed by atoms with Crippen LogP contribution in [0.2, 0.25) is 5.02 Å². The molecule has 6 heteroatoms. The minimum Gasteiger partial charge on any atom is -0.483 e. The smallest absolute Gasteiger partial charge is 0.258 e. The number of nitrogens with one attached hydrogen (secondary N) is 2. The molecule has 0 aliphatic rings.